The molecule has 1 unspecified atom stereocenters. The Morgan fingerprint density at radius 2 is 1.70 bits per heavy atom. The molecule has 2 aliphatic rings. The quantitative estimate of drug-likeness (QED) is 0.754. The average molecular weight is 410 g/mol. The van der Waals surface area contributed by atoms with Gasteiger partial charge in [0, 0.05) is 44.8 Å². The fourth-order valence-electron chi connectivity index (χ4n) is 4.60. The summed E-state index contributed by atoms with van der Waals surface area (Å²) in [6, 6.07) is 10.7. The van der Waals surface area contributed by atoms with E-state index < -0.39 is 0 Å². The summed E-state index contributed by atoms with van der Waals surface area (Å²) in [6.07, 6.45) is 2.74. The maximum Gasteiger partial charge on any atom is 0.151 e. The summed E-state index contributed by atoms with van der Waals surface area (Å²) in [7, 11) is 2.25. The molecule has 0 saturated carbocycles. The third-order valence-corrected chi connectivity index (χ3v) is 6.25. The molecule has 2 saturated heterocycles. The number of likely N-dealkylation sites (tertiary alicyclic amines) is 1. The minimum absolute atomic E-state index is 0.835. The molecule has 0 aliphatic carbocycles. The van der Waals surface area contributed by atoms with E-state index in [1.807, 2.05) is 13.8 Å². The van der Waals surface area contributed by atoms with E-state index in [1.54, 1.807) is 0 Å². The van der Waals surface area contributed by atoms with Crippen molar-refractivity contribution in [2.75, 3.05) is 57.8 Å². The zero-order valence-electron chi connectivity index (χ0n) is 19.6. The van der Waals surface area contributed by atoms with Crippen molar-refractivity contribution in [3.63, 3.8) is 0 Å². The molecular weight excluding hydrogens is 370 g/mol. The Labute approximate surface area is 183 Å². The van der Waals surface area contributed by atoms with Crippen molar-refractivity contribution in [2.45, 2.75) is 40.5 Å². The normalized spacial score (nSPS) is 20.6. The maximum absolute atomic E-state index is 4.55. The third-order valence-electron chi connectivity index (χ3n) is 6.25. The third kappa shape index (κ3) is 5.79. The number of aryl methyl sites for hydroxylation is 2. The van der Waals surface area contributed by atoms with Gasteiger partial charge in [-0.3, -0.25) is 4.90 Å². The number of nitrogens with zero attached hydrogens (tertiary/aromatic N) is 5. The van der Waals surface area contributed by atoms with Gasteiger partial charge in [-0.1, -0.05) is 31.5 Å². The molecule has 30 heavy (non-hydrogen) atoms. The van der Waals surface area contributed by atoms with Crippen LogP contribution < -0.4 is 4.90 Å². The Bertz CT molecular complexity index is 781. The summed E-state index contributed by atoms with van der Waals surface area (Å²) in [5.74, 6) is 1.84. The molecule has 0 spiro atoms. The SMILES string of the molecule is CC.Cc1ccc(C)c(-c2ccc(N3CCN(CC4CCCN(C)C4)CC3)nn2)c1. The van der Waals surface area contributed by atoms with Crippen molar-refractivity contribution in [1.29, 1.82) is 0 Å². The zero-order valence-corrected chi connectivity index (χ0v) is 19.6. The number of piperazine rings is 1. The lowest BCUT2D eigenvalue weighted by atomic mass is 9.97. The lowest BCUT2D eigenvalue weighted by molar-refractivity contribution is 0.147. The Morgan fingerprint density at radius 3 is 2.37 bits per heavy atom. The number of piperidine rings is 1. The Kier molecular flexibility index (Phi) is 8.23. The lowest BCUT2D eigenvalue weighted by Crippen LogP contribution is -2.49. The molecule has 2 fully saturated rings. The molecule has 164 valence electrons. The fraction of sp³-hybridized carbons (Fsp3) is 0.600. The van der Waals surface area contributed by atoms with Crippen molar-refractivity contribution >= 4 is 5.82 Å². The predicted molar refractivity (Wildman–Crippen MR) is 127 cm³/mol. The van der Waals surface area contributed by atoms with Gasteiger partial charge in [-0.05, 0) is 70.0 Å². The summed E-state index contributed by atoms with van der Waals surface area (Å²) in [6.45, 7) is 16.4. The standard InChI is InChI=1S/C23H33N5.C2H6/c1-18-6-7-19(2)21(15-18)22-8-9-23(25-24-22)28-13-11-27(12-14-28)17-20-5-4-10-26(3)16-20;1-2/h6-9,15,20H,4-5,10-14,16-17H2,1-3H3;1-2H3. The Hall–Kier alpha value is -1.98. The van der Waals surface area contributed by atoms with E-state index in [9.17, 15) is 0 Å². The van der Waals surface area contributed by atoms with Gasteiger partial charge in [0.2, 0.25) is 0 Å². The fourth-order valence-corrected chi connectivity index (χ4v) is 4.60. The number of hydrogen-bond acceptors (Lipinski definition) is 5. The molecule has 5 nitrogen and oxygen atoms in total. The van der Waals surface area contributed by atoms with E-state index in [0.717, 1.165) is 43.6 Å². The van der Waals surface area contributed by atoms with Gasteiger partial charge in [0.1, 0.15) is 0 Å². The highest BCUT2D eigenvalue weighted by molar-refractivity contribution is 5.64. The lowest BCUT2D eigenvalue weighted by Gasteiger charge is -2.38. The highest BCUT2D eigenvalue weighted by Gasteiger charge is 2.23. The second kappa shape index (κ2) is 10.9. The van der Waals surface area contributed by atoms with E-state index in [2.05, 4.69) is 76.1 Å². The molecule has 1 aromatic heterocycles. The number of rotatable bonds is 4. The molecule has 1 atom stereocenters. The van der Waals surface area contributed by atoms with Crippen LogP contribution >= 0.6 is 0 Å². The van der Waals surface area contributed by atoms with Crippen LogP contribution in [0.25, 0.3) is 11.3 Å². The largest absolute Gasteiger partial charge is 0.353 e. The molecule has 2 aromatic rings. The van der Waals surface area contributed by atoms with Crippen LogP contribution in [0.4, 0.5) is 5.82 Å². The maximum atomic E-state index is 4.55. The van der Waals surface area contributed by atoms with Gasteiger partial charge >= 0.3 is 0 Å². The molecule has 0 bridgehead atoms. The first kappa shape index (κ1) is 22.7. The van der Waals surface area contributed by atoms with E-state index in [0.29, 0.717) is 0 Å². The topological polar surface area (TPSA) is 35.5 Å². The number of aromatic nitrogens is 2. The minimum Gasteiger partial charge on any atom is -0.353 e. The van der Waals surface area contributed by atoms with Gasteiger partial charge in [-0.15, -0.1) is 10.2 Å². The second-order valence-corrected chi connectivity index (χ2v) is 8.65. The van der Waals surface area contributed by atoms with Crippen molar-refractivity contribution in [2.24, 2.45) is 5.92 Å². The van der Waals surface area contributed by atoms with Crippen molar-refractivity contribution in [3.8, 4) is 11.3 Å². The van der Waals surface area contributed by atoms with Gasteiger partial charge in [0.25, 0.3) is 0 Å². The average Bonchev–Trinajstić information content (AvgIpc) is 2.78. The number of hydrogen-bond donors (Lipinski definition) is 0. The second-order valence-electron chi connectivity index (χ2n) is 8.65. The first-order chi connectivity index (χ1) is 14.6. The van der Waals surface area contributed by atoms with E-state index in [-0.39, 0.29) is 0 Å². The number of anilines is 1. The molecular formula is C25H39N5. The van der Waals surface area contributed by atoms with Crippen LogP contribution in [0.1, 0.15) is 37.8 Å². The number of benzene rings is 1. The molecule has 5 heteroatoms. The summed E-state index contributed by atoms with van der Waals surface area (Å²) in [5.41, 5.74) is 4.65. The van der Waals surface area contributed by atoms with Crippen LogP contribution in [-0.4, -0.2) is 72.9 Å². The van der Waals surface area contributed by atoms with Crippen molar-refractivity contribution in [3.05, 3.63) is 41.5 Å². The van der Waals surface area contributed by atoms with Crippen molar-refractivity contribution < 1.29 is 0 Å². The smallest absolute Gasteiger partial charge is 0.151 e. The van der Waals surface area contributed by atoms with Crippen molar-refractivity contribution in [1.82, 2.24) is 20.0 Å². The van der Waals surface area contributed by atoms with Gasteiger partial charge < -0.3 is 9.80 Å². The Morgan fingerprint density at radius 1 is 0.933 bits per heavy atom. The summed E-state index contributed by atoms with van der Waals surface area (Å²) < 4.78 is 0. The van der Waals surface area contributed by atoms with Crippen LogP contribution in [0.3, 0.4) is 0 Å². The van der Waals surface area contributed by atoms with Crippen LogP contribution in [0, 0.1) is 19.8 Å². The molecule has 0 N–H and O–H groups in total. The Balaban J connectivity index is 0.00000124. The van der Waals surface area contributed by atoms with Gasteiger partial charge in [0.15, 0.2) is 5.82 Å². The van der Waals surface area contributed by atoms with Gasteiger partial charge in [0.05, 0.1) is 5.69 Å². The highest BCUT2D eigenvalue weighted by atomic mass is 15.3. The van der Waals surface area contributed by atoms with Crippen LogP contribution in [0.2, 0.25) is 0 Å². The summed E-state index contributed by atoms with van der Waals surface area (Å²) in [4.78, 5) is 7.50. The van der Waals surface area contributed by atoms with E-state index in [4.69, 9.17) is 0 Å². The molecule has 3 heterocycles. The highest BCUT2D eigenvalue weighted by Crippen LogP contribution is 2.24. The molecule has 0 amide bonds. The minimum atomic E-state index is 0.835. The predicted octanol–water partition coefficient (Wildman–Crippen LogP) is 4.25. The summed E-state index contributed by atoms with van der Waals surface area (Å²) in [5, 5.41) is 9.09. The monoisotopic (exact) mass is 409 g/mol. The molecule has 4 rings (SSSR count). The van der Waals surface area contributed by atoms with Gasteiger partial charge in [-0.2, -0.15) is 0 Å². The molecule has 2 aliphatic heterocycles. The molecule has 0 radical (unpaired) electrons. The van der Waals surface area contributed by atoms with Crippen LogP contribution in [-0.2, 0) is 0 Å². The first-order valence-corrected chi connectivity index (χ1v) is 11.7. The summed E-state index contributed by atoms with van der Waals surface area (Å²) >= 11 is 0. The van der Waals surface area contributed by atoms with Gasteiger partial charge in [-0.25, -0.2) is 0 Å². The van der Waals surface area contributed by atoms with E-state index >= 15 is 0 Å². The van der Waals surface area contributed by atoms with E-state index in [1.165, 1.54) is 49.2 Å². The van der Waals surface area contributed by atoms with Crippen LogP contribution in [0.15, 0.2) is 30.3 Å². The zero-order chi connectivity index (χ0) is 21.5. The van der Waals surface area contributed by atoms with Crippen LogP contribution in [0.5, 0.6) is 0 Å². The molecule has 1 aromatic carbocycles. The first-order valence-electron chi connectivity index (χ1n) is 11.7.